The molecule has 0 saturated carbocycles. The summed E-state index contributed by atoms with van der Waals surface area (Å²) >= 11 is 3.31. The molecule has 0 atom stereocenters. The van der Waals surface area contributed by atoms with E-state index in [1.165, 1.54) is 10.4 Å². The fraction of sp³-hybridized carbons (Fsp3) is 0.278. The first-order valence-electron chi connectivity index (χ1n) is 8.40. The molecule has 0 aliphatic carbocycles. The third-order valence-corrected chi connectivity index (χ3v) is 6.68. The Morgan fingerprint density at radius 1 is 1.07 bits per heavy atom. The number of amides is 1. The lowest BCUT2D eigenvalue weighted by Gasteiger charge is -2.34. The van der Waals surface area contributed by atoms with Crippen molar-refractivity contribution >= 4 is 37.7 Å². The fourth-order valence-corrected chi connectivity index (χ4v) is 4.74. The molecule has 9 heteroatoms. The van der Waals surface area contributed by atoms with Gasteiger partial charge in [-0.05, 0) is 36.8 Å². The molecule has 1 aliphatic heterocycles. The minimum absolute atomic E-state index is 0.0557. The van der Waals surface area contributed by atoms with Crippen molar-refractivity contribution in [2.45, 2.75) is 13.0 Å². The predicted octanol–water partition coefficient (Wildman–Crippen LogP) is 2.98. The van der Waals surface area contributed by atoms with Crippen molar-refractivity contribution < 1.29 is 17.6 Å². The highest BCUT2D eigenvalue weighted by atomic mass is 79.9. The van der Waals surface area contributed by atoms with Gasteiger partial charge >= 0.3 is 0 Å². The molecule has 0 bridgehead atoms. The normalized spacial score (nSPS) is 17.6. The average Bonchev–Trinajstić information content (AvgIpc) is 2.62. The summed E-state index contributed by atoms with van der Waals surface area (Å²) < 4.78 is 42.7. The number of carbonyl (C=O) groups excluding carboxylic acids is 1. The number of anilines is 1. The highest BCUT2D eigenvalue weighted by molar-refractivity contribution is 9.10. The topological polar surface area (TPSA) is 69.7 Å². The number of rotatable bonds is 5. The number of nitrogens with one attached hydrogen (secondary N) is 1. The first-order valence-corrected chi connectivity index (χ1v) is 10.6. The Bertz CT molecular complexity index is 922. The van der Waals surface area contributed by atoms with Crippen LogP contribution in [0.5, 0.6) is 0 Å². The zero-order chi connectivity index (χ0) is 19.4. The molecule has 27 heavy (non-hydrogen) atoms. The Hall–Kier alpha value is -1.81. The van der Waals surface area contributed by atoms with Crippen molar-refractivity contribution in [2.24, 2.45) is 0 Å². The molecule has 1 fully saturated rings. The molecule has 0 aromatic heterocycles. The van der Waals surface area contributed by atoms with Crippen LogP contribution in [0.3, 0.4) is 0 Å². The van der Waals surface area contributed by atoms with E-state index in [1.807, 2.05) is 0 Å². The Kier molecular flexibility index (Phi) is 6.25. The molecule has 2 aromatic rings. The Labute approximate surface area is 166 Å². The number of nitrogens with zero attached hydrogens (tertiary/aromatic N) is 2. The largest absolute Gasteiger partial charge is 0.325 e. The van der Waals surface area contributed by atoms with Crippen molar-refractivity contribution in [3.8, 4) is 0 Å². The van der Waals surface area contributed by atoms with Crippen LogP contribution in [-0.4, -0.2) is 42.6 Å². The van der Waals surface area contributed by atoms with E-state index in [9.17, 15) is 17.6 Å². The lowest BCUT2D eigenvalue weighted by molar-refractivity contribution is -0.116. The molecule has 1 saturated heterocycles. The van der Waals surface area contributed by atoms with Gasteiger partial charge < -0.3 is 5.32 Å². The second-order valence-electron chi connectivity index (χ2n) is 6.17. The standard InChI is InChI=1S/C18H19BrFN3O3S/c19-15-6-8-16(9-7-15)21-18(24)13-23-11-3-10-22(27(23,25)26)12-14-4-1-2-5-17(14)20/h1-2,4-9H,3,10-13H2,(H,21,24). The van der Waals surface area contributed by atoms with Crippen LogP contribution < -0.4 is 5.32 Å². The average molecular weight is 456 g/mol. The summed E-state index contributed by atoms with van der Waals surface area (Å²) in [5, 5.41) is 2.68. The summed E-state index contributed by atoms with van der Waals surface area (Å²) in [6.45, 7) is 0.206. The number of hydrogen-bond acceptors (Lipinski definition) is 3. The molecule has 1 aliphatic rings. The molecule has 2 aromatic carbocycles. The first-order chi connectivity index (χ1) is 12.9. The number of carbonyl (C=O) groups is 1. The molecule has 1 amide bonds. The highest BCUT2D eigenvalue weighted by Gasteiger charge is 2.35. The van der Waals surface area contributed by atoms with Crippen molar-refractivity contribution in [1.29, 1.82) is 0 Å². The van der Waals surface area contributed by atoms with E-state index in [1.54, 1.807) is 42.5 Å². The van der Waals surface area contributed by atoms with E-state index in [0.717, 1.165) is 8.78 Å². The van der Waals surface area contributed by atoms with E-state index in [-0.39, 0.29) is 19.6 Å². The molecule has 144 valence electrons. The lowest BCUT2D eigenvalue weighted by atomic mass is 10.2. The number of hydrogen-bond donors (Lipinski definition) is 1. The van der Waals surface area contributed by atoms with Crippen LogP contribution >= 0.6 is 15.9 Å². The molecule has 3 rings (SSSR count). The van der Waals surface area contributed by atoms with Gasteiger partial charge in [0.1, 0.15) is 5.82 Å². The first kappa shape index (κ1) is 19.9. The minimum atomic E-state index is -3.84. The van der Waals surface area contributed by atoms with Crippen LogP contribution in [0.25, 0.3) is 0 Å². The highest BCUT2D eigenvalue weighted by Crippen LogP contribution is 2.21. The second-order valence-corrected chi connectivity index (χ2v) is 9.02. The lowest BCUT2D eigenvalue weighted by Crippen LogP contribution is -2.51. The van der Waals surface area contributed by atoms with Gasteiger partial charge in [-0.3, -0.25) is 4.79 Å². The number of halogens is 2. The van der Waals surface area contributed by atoms with E-state index in [2.05, 4.69) is 21.2 Å². The zero-order valence-electron chi connectivity index (χ0n) is 14.4. The SMILES string of the molecule is O=C(CN1CCCN(Cc2ccccc2F)S1(=O)=O)Nc1ccc(Br)cc1. The molecule has 1 heterocycles. The van der Waals surface area contributed by atoms with Gasteiger partial charge in [-0.1, -0.05) is 34.1 Å². The van der Waals surface area contributed by atoms with Crippen molar-refractivity contribution in [1.82, 2.24) is 8.61 Å². The summed E-state index contributed by atoms with van der Waals surface area (Å²) in [4.78, 5) is 12.3. The second kappa shape index (κ2) is 8.47. The summed E-state index contributed by atoms with van der Waals surface area (Å²) in [6, 6.07) is 13.1. The van der Waals surface area contributed by atoms with Gasteiger partial charge in [0, 0.05) is 35.4 Å². The van der Waals surface area contributed by atoms with Crippen LogP contribution in [0.4, 0.5) is 10.1 Å². The Morgan fingerprint density at radius 2 is 1.74 bits per heavy atom. The maximum absolute atomic E-state index is 13.9. The predicted molar refractivity (Wildman–Crippen MR) is 105 cm³/mol. The monoisotopic (exact) mass is 455 g/mol. The maximum Gasteiger partial charge on any atom is 0.282 e. The van der Waals surface area contributed by atoms with E-state index in [0.29, 0.717) is 24.2 Å². The van der Waals surface area contributed by atoms with Crippen LogP contribution in [0.1, 0.15) is 12.0 Å². The fourth-order valence-electron chi connectivity index (χ4n) is 2.85. The third kappa shape index (κ3) is 4.92. The maximum atomic E-state index is 13.9. The van der Waals surface area contributed by atoms with E-state index in [4.69, 9.17) is 0 Å². The molecule has 0 unspecified atom stereocenters. The van der Waals surface area contributed by atoms with Crippen LogP contribution in [0.2, 0.25) is 0 Å². The van der Waals surface area contributed by atoms with Crippen molar-refractivity contribution in [3.05, 3.63) is 64.4 Å². The van der Waals surface area contributed by atoms with Crippen LogP contribution in [0.15, 0.2) is 53.0 Å². The van der Waals surface area contributed by atoms with Crippen molar-refractivity contribution in [2.75, 3.05) is 25.0 Å². The minimum Gasteiger partial charge on any atom is -0.325 e. The molecule has 0 radical (unpaired) electrons. The Morgan fingerprint density at radius 3 is 2.44 bits per heavy atom. The summed E-state index contributed by atoms with van der Waals surface area (Å²) in [7, 11) is -3.84. The van der Waals surface area contributed by atoms with Gasteiger partial charge in [0.25, 0.3) is 10.2 Å². The molecule has 6 nitrogen and oxygen atoms in total. The molecular formula is C18H19BrFN3O3S. The molecule has 1 N–H and O–H groups in total. The van der Waals surface area contributed by atoms with Gasteiger partial charge in [-0.25, -0.2) is 4.39 Å². The van der Waals surface area contributed by atoms with Gasteiger partial charge in [0.2, 0.25) is 5.91 Å². The quantitative estimate of drug-likeness (QED) is 0.753. The number of benzene rings is 2. The van der Waals surface area contributed by atoms with Gasteiger partial charge in [-0.2, -0.15) is 17.0 Å². The van der Waals surface area contributed by atoms with E-state index >= 15 is 0 Å². The summed E-state index contributed by atoms with van der Waals surface area (Å²) in [5.41, 5.74) is 0.892. The van der Waals surface area contributed by atoms with Gasteiger partial charge in [0.15, 0.2) is 0 Å². The van der Waals surface area contributed by atoms with E-state index < -0.39 is 21.9 Å². The molecular weight excluding hydrogens is 437 g/mol. The van der Waals surface area contributed by atoms with Crippen LogP contribution in [0, 0.1) is 5.82 Å². The van der Waals surface area contributed by atoms with Gasteiger partial charge in [-0.15, -0.1) is 0 Å². The van der Waals surface area contributed by atoms with Gasteiger partial charge in [0.05, 0.1) is 6.54 Å². The third-order valence-electron chi connectivity index (χ3n) is 4.22. The smallest absolute Gasteiger partial charge is 0.282 e. The van der Waals surface area contributed by atoms with Crippen molar-refractivity contribution in [3.63, 3.8) is 0 Å². The Balaban J connectivity index is 1.67. The molecule has 0 spiro atoms. The summed E-state index contributed by atoms with van der Waals surface area (Å²) in [6.07, 6.45) is 0.569. The summed E-state index contributed by atoms with van der Waals surface area (Å²) in [5.74, 6) is -0.869. The zero-order valence-corrected chi connectivity index (χ0v) is 16.8. The van der Waals surface area contributed by atoms with Crippen LogP contribution in [-0.2, 0) is 21.5 Å².